The third-order valence-electron chi connectivity index (χ3n) is 4.00. The van der Waals surface area contributed by atoms with E-state index in [0.29, 0.717) is 29.6 Å². The van der Waals surface area contributed by atoms with Crippen molar-refractivity contribution in [2.75, 3.05) is 11.4 Å². The summed E-state index contributed by atoms with van der Waals surface area (Å²) in [4.78, 5) is 28.9. The first kappa shape index (κ1) is 16.4. The predicted molar refractivity (Wildman–Crippen MR) is 95.8 cm³/mol. The van der Waals surface area contributed by atoms with Crippen LogP contribution in [-0.4, -0.2) is 28.6 Å². The van der Waals surface area contributed by atoms with Crippen LogP contribution in [0, 0.1) is 0 Å². The molecule has 0 aliphatic rings. The van der Waals surface area contributed by atoms with Gasteiger partial charge in [0.2, 0.25) is 0 Å². The Bertz CT molecular complexity index is 926. The summed E-state index contributed by atoms with van der Waals surface area (Å²) in [6, 6.07) is 16.2. The van der Waals surface area contributed by atoms with Crippen molar-refractivity contribution in [3.05, 3.63) is 71.9 Å². The van der Waals surface area contributed by atoms with Gasteiger partial charge in [0.1, 0.15) is 0 Å². The number of carboxylic acid groups (broad SMARTS) is 1. The fourth-order valence-corrected chi connectivity index (χ4v) is 2.80. The van der Waals surface area contributed by atoms with Gasteiger partial charge in [-0.2, -0.15) is 0 Å². The average molecular weight is 335 g/mol. The first-order chi connectivity index (χ1) is 12.1. The molecular weight excluding hydrogens is 318 g/mol. The van der Waals surface area contributed by atoms with E-state index in [0.717, 1.165) is 5.56 Å². The van der Waals surface area contributed by atoms with E-state index < -0.39 is 12.0 Å². The van der Waals surface area contributed by atoms with E-state index >= 15 is 0 Å². The van der Waals surface area contributed by atoms with Gasteiger partial charge in [-0.3, -0.25) is 14.7 Å². The summed E-state index contributed by atoms with van der Waals surface area (Å²) in [6.45, 7) is 0.291. The standard InChI is InChI=1S/C19H17N3O3/c20-18(23)15-8-9-16(14-7-4-11-21-17(14)15)22(19(24)25)12-10-13-5-2-1-3-6-13/h1-9,11H,10,12H2,(H2,20,23)(H,24,25). The molecule has 0 radical (unpaired) electrons. The van der Waals surface area contributed by atoms with Crippen LogP contribution in [-0.2, 0) is 6.42 Å². The molecule has 0 aliphatic heterocycles. The van der Waals surface area contributed by atoms with Gasteiger partial charge in [0, 0.05) is 18.1 Å². The number of benzene rings is 2. The molecule has 0 unspecified atom stereocenters. The largest absolute Gasteiger partial charge is 0.465 e. The van der Waals surface area contributed by atoms with Crippen LogP contribution in [0.3, 0.4) is 0 Å². The number of carbonyl (C=O) groups is 2. The van der Waals surface area contributed by atoms with Gasteiger partial charge in [-0.25, -0.2) is 4.79 Å². The second-order valence-electron chi connectivity index (χ2n) is 5.57. The Kier molecular flexibility index (Phi) is 4.61. The normalized spacial score (nSPS) is 10.6. The number of anilines is 1. The van der Waals surface area contributed by atoms with E-state index in [1.807, 2.05) is 30.3 Å². The quantitative estimate of drug-likeness (QED) is 0.749. The maximum Gasteiger partial charge on any atom is 0.411 e. The Morgan fingerprint density at radius 3 is 2.48 bits per heavy atom. The van der Waals surface area contributed by atoms with Crippen LogP contribution in [0.15, 0.2) is 60.8 Å². The summed E-state index contributed by atoms with van der Waals surface area (Å²) in [6.07, 6.45) is 1.06. The van der Waals surface area contributed by atoms with Gasteiger partial charge in [-0.15, -0.1) is 0 Å². The number of amides is 2. The molecule has 126 valence electrons. The Hall–Kier alpha value is -3.41. The first-order valence-electron chi connectivity index (χ1n) is 7.80. The smallest absolute Gasteiger partial charge is 0.411 e. The molecule has 1 aromatic heterocycles. The van der Waals surface area contributed by atoms with Crippen LogP contribution in [0.25, 0.3) is 10.9 Å². The topological polar surface area (TPSA) is 96.5 Å². The average Bonchev–Trinajstić information content (AvgIpc) is 2.62. The zero-order valence-corrected chi connectivity index (χ0v) is 13.4. The van der Waals surface area contributed by atoms with Crippen molar-refractivity contribution in [3.63, 3.8) is 0 Å². The number of rotatable bonds is 5. The molecule has 2 amide bonds. The number of nitrogens with two attached hydrogens (primary N) is 1. The number of hydrogen-bond acceptors (Lipinski definition) is 3. The van der Waals surface area contributed by atoms with Crippen LogP contribution in [0.2, 0.25) is 0 Å². The van der Waals surface area contributed by atoms with E-state index in [1.165, 1.54) is 11.0 Å². The predicted octanol–water partition coefficient (Wildman–Crippen LogP) is 3.06. The second-order valence-corrected chi connectivity index (χ2v) is 5.57. The van der Waals surface area contributed by atoms with Crippen molar-refractivity contribution in [1.29, 1.82) is 0 Å². The Balaban J connectivity index is 2.01. The molecule has 0 bridgehead atoms. The SMILES string of the molecule is NC(=O)c1ccc(N(CCc2ccccc2)C(=O)O)c2cccnc12. The highest BCUT2D eigenvalue weighted by atomic mass is 16.4. The highest BCUT2D eigenvalue weighted by molar-refractivity contribution is 6.10. The van der Waals surface area contributed by atoms with Crippen molar-refractivity contribution >= 4 is 28.6 Å². The van der Waals surface area contributed by atoms with E-state index in [4.69, 9.17) is 5.73 Å². The zero-order valence-electron chi connectivity index (χ0n) is 13.4. The summed E-state index contributed by atoms with van der Waals surface area (Å²) in [5.41, 5.74) is 7.59. The number of carbonyl (C=O) groups excluding carboxylic acids is 1. The van der Waals surface area contributed by atoms with E-state index in [9.17, 15) is 14.7 Å². The lowest BCUT2D eigenvalue weighted by molar-refractivity contribution is 0.100. The summed E-state index contributed by atoms with van der Waals surface area (Å²) < 4.78 is 0. The molecule has 0 saturated carbocycles. The van der Waals surface area contributed by atoms with Gasteiger partial charge >= 0.3 is 6.09 Å². The van der Waals surface area contributed by atoms with E-state index in [1.54, 1.807) is 24.4 Å². The number of nitrogens with zero attached hydrogens (tertiary/aromatic N) is 2. The molecule has 6 heteroatoms. The lowest BCUT2D eigenvalue weighted by atomic mass is 10.1. The van der Waals surface area contributed by atoms with Crippen LogP contribution in [0.5, 0.6) is 0 Å². The van der Waals surface area contributed by atoms with Crippen LogP contribution in [0.1, 0.15) is 15.9 Å². The van der Waals surface area contributed by atoms with Crippen molar-refractivity contribution < 1.29 is 14.7 Å². The number of fused-ring (bicyclic) bond motifs is 1. The third-order valence-corrected chi connectivity index (χ3v) is 4.00. The Morgan fingerprint density at radius 1 is 1.04 bits per heavy atom. The van der Waals surface area contributed by atoms with Crippen molar-refractivity contribution in [1.82, 2.24) is 4.98 Å². The van der Waals surface area contributed by atoms with E-state index in [-0.39, 0.29) is 5.56 Å². The first-order valence-corrected chi connectivity index (χ1v) is 7.80. The van der Waals surface area contributed by atoms with Gasteiger partial charge in [-0.1, -0.05) is 30.3 Å². The molecule has 0 saturated heterocycles. The fraction of sp³-hybridized carbons (Fsp3) is 0.105. The molecule has 3 rings (SSSR count). The van der Waals surface area contributed by atoms with Crippen LogP contribution in [0.4, 0.5) is 10.5 Å². The number of aromatic nitrogens is 1. The minimum absolute atomic E-state index is 0.271. The summed E-state index contributed by atoms with van der Waals surface area (Å²) in [5.74, 6) is -0.596. The number of pyridine rings is 1. The molecule has 0 fully saturated rings. The highest BCUT2D eigenvalue weighted by Gasteiger charge is 2.19. The fourth-order valence-electron chi connectivity index (χ4n) is 2.80. The zero-order chi connectivity index (χ0) is 17.8. The maximum atomic E-state index is 11.8. The maximum absolute atomic E-state index is 11.8. The highest BCUT2D eigenvalue weighted by Crippen LogP contribution is 2.28. The molecule has 0 spiro atoms. The van der Waals surface area contributed by atoms with Crippen LogP contribution >= 0.6 is 0 Å². The molecular formula is C19H17N3O3. The molecule has 2 aromatic carbocycles. The monoisotopic (exact) mass is 335 g/mol. The van der Waals surface area contributed by atoms with Gasteiger partial charge in [-0.05, 0) is 36.2 Å². The molecule has 1 heterocycles. The van der Waals surface area contributed by atoms with Gasteiger partial charge in [0.15, 0.2) is 0 Å². The molecule has 0 atom stereocenters. The van der Waals surface area contributed by atoms with Gasteiger partial charge in [0.25, 0.3) is 5.91 Å². The summed E-state index contributed by atoms with van der Waals surface area (Å²) in [5, 5.41) is 10.2. The lowest BCUT2D eigenvalue weighted by Crippen LogP contribution is -2.31. The summed E-state index contributed by atoms with van der Waals surface area (Å²) >= 11 is 0. The minimum atomic E-state index is -1.06. The molecule has 3 N–H and O–H groups in total. The molecule has 25 heavy (non-hydrogen) atoms. The Morgan fingerprint density at radius 2 is 1.80 bits per heavy atom. The van der Waals surface area contributed by atoms with Crippen molar-refractivity contribution in [3.8, 4) is 0 Å². The molecule has 3 aromatic rings. The van der Waals surface area contributed by atoms with Gasteiger partial charge < -0.3 is 10.8 Å². The minimum Gasteiger partial charge on any atom is -0.465 e. The van der Waals surface area contributed by atoms with E-state index in [2.05, 4.69) is 4.98 Å². The van der Waals surface area contributed by atoms with Gasteiger partial charge in [0.05, 0.1) is 16.8 Å². The van der Waals surface area contributed by atoms with Crippen LogP contribution < -0.4 is 10.6 Å². The molecule has 6 nitrogen and oxygen atoms in total. The lowest BCUT2D eigenvalue weighted by Gasteiger charge is -2.21. The number of hydrogen-bond donors (Lipinski definition) is 2. The third kappa shape index (κ3) is 3.42. The number of primary amides is 1. The second kappa shape index (κ2) is 7.00. The van der Waals surface area contributed by atoms with Crippen molar-refractivity contribution in [2.45, 2.75) is 6.42 Å². The summed E-state index contributed by atoms with van der Waals surface area (Å²) in [7, 11) is 0. The molecule has 0 aliphatic carbocycles. The van der Waals surface area contributed by atoms with Crippen molar-refractivity contribution in [2.24, 2.45) is 5.73 Å². The Labute approximate surface area is 144 Å².